The van der Waals surface area contributed by atoms with Gasteiger partial charge in [0.25, 0.3) is 0 Å². The van der Waals surface area contributed by atoms with Crippen LogP contribution in [0.15, 0.2) is 54.6 Å². The molecular formula is C17H19NO2S. The van der Waals surface area contributed by atoms with Crippen molar-refractivity contribution in [3.8, 4) is 0 Å². The van der Waals surface area contributed by atoms with Crippen molar-refractivity contribution in [2.45, 2.75) is 19.0 Å². The van der Waals surface area contributed by atoms with Crippen LogP contribution in [-0.2, 0) is 17.8 Å². The number of aliphatic carboxylic acids is 1. The van der Waals surface area contributed by atoms with Crippen LogP contribution in [0.4, 0.5) is 0 Å². The molecule has 0 heterocycles. The van der Waals surface area contributed by atoms with E-state index in [1.54, 1.807) is 0 Å². The van der Waals surface area contributed by atoms with E-state index >= 15 is 0 Å². The second kappa shape index (κ2) is 7.86. The minimum Gasteiger partial charge on any atom is -0.480 e. The van der Waals surface area contributed by atoms with Crippen LogP contribution < -0.4 is 5.32 Å². The van der Waals surface area contributed by atoms with Gasteiger partial charge in [-0.25, -0.2) is 0 Å². The topological polar surface area (TPSA) is 49.3 Å². The SMILES string of the molecule is O=C(O)[C@H](CS)NCc1cccc(Cc2ccccc2)c1. The molecule has 0 radical (unpaired) electrons. The van der Waals surface area contributed by atoms with E-state index in [1.807, 2.05) is 30.3 Å². The van der Waals surface area contributed by atoms with Gasteiger partial charge in [-0.3, -0.25) is 10.1 Å². The van der Waals surface area contributed by atoms with E-state index in [9.17, 15) is 4.79 Å². The maximum absolute atomic E-state index is 10.9. The summed E-state index contributed by atoms with van der Waals surface area (Å²) in [5, 5.41) is 12.0. The Hall–Kier alpha value is -1.78. The maximum atomic E-state index is 10.9. The number of benzene rings is 2. The Labute approximate surface area is 130 Å². The number of carboxylic acids is 1. The fourth-order valence-electron chi connectivity index (χ4n) is 2.15. The average Bonchev–Trinajstić information content (AvgIpc) is 2.49. The first-order valence-corrected chi connectivity index (χ1v) is 7.51. The summed E-state index contributed by atoms with van der Waals surface area (Å²) in [5.74, 6) is -0.593. The van der Waals surface area contributed by atoms with E-state index in [-0.39, 0.29) is 5.75 Å². The summed E-state index contributed by atoms with van der Waals surface area (Å²) in [7, 11) is 0. The average molecular weight is 301 g/mol. The first-order chi connectivity index (χ1) is 10.2. The number of carboxylic acid groups (broad SMARTS) is 1. The fraction of sp³-hybridized carbons (Fsp3) is 0.235. The molecule has 0 aliphatic rings. The van der Waals surface area contributed by atoms with E-state index in [2.05, 4.69) is 42.2 Å². The molecule has 21 heavy (non-hydrogen) atoms. The third kappa shape index (κ3) is 4.92. The molecule has 2 aromatic rings. The summed E-state index contributed by atoms with van der Waals surface area (Å²) in [6, 6.07) is 17.9. The second-order valence-corrected chi connectivity index (χ2v) is 5.30. The standard InChI is InChI=1S/C17H19NO2S/c19-17(20)16(12-21)18-11-15-8-4-7-14(10-15)9-13-5-2-1-3-6-13/h1-8,10,16,18,21H,9,11-12H2,(H,19,20)/t16-/m0/s1. The van der Waals surface area contributed by atoms with Crippen LogP contribution in [-0.4, -0.2) is 22.9 Å². The summed E-state index contributed by atoms with van der Waals surface area (Å²) in [4.78, 5) is 10.9. The third-order valence-corrected chi connectivity index (χ3v) is 3.64. The van der Waals surface area contributed by atoms with Crippen LogP contribution >= 0.6 is 12.6 Å². The molecule has 0 aliphatic heterocycles. The van der Waals surface area contributed by atoms with Crippen LogP contribution in [0.1, 0.15) is 16.7 Å². The number of nitrogens with one attached hydrogen (secondary N) is 1. The normalized spacial score (nSPS) is 12.0. The highest BCUT2D eigenvalue weighted by atomic mass is 32.1. The van der Waals surface area contributed by atoms with Crippen LogP contribution in [0.3, 0.4) is 0 Å². The molecule has 0 saturated heterocycles. The zero-order valence-electron chi connectivity index (χ0n) is 11.7. The maximum Gasteiger partial charge on any atom is 0.321 e. The summed E-state index contributed by atoms with van der Waals surface area (Å²) < 4.78 is 0. The highest BCUT2D eigenvalue weighted by molar-refractivity contribution is 7.80. The molecule has 0 aliphatic carbocycles. The molecule has 2 rings (SSSR count). The molecule has 2 N–H and O–H groups in total. The molecule has 0 bridgehead atoms. The molecule has 0 spiro atoms. The van der Waals surface area contributed by atoms with Crippen molar-refractivity contribution < 1.29 is 9.90 Å². The van der Waals surface area contributed by atoms with Crippen molar-refractivity contribution >= 4 is 18.6 Å². The van der Waals surface area contributed by atoms with E-state index < -0.39 is 12.0 Å². The quantitative estimate of drug-likeness (QED) is 0.689. The summed E-state index contributed by atoms with van der Waals surface area (Å²) in [6.07, 6.45) is 0.879. The van der Waals surface area contributed by atoms with Crippen molar-refractivity contribution in [1.29, 1.82) is 0 Å². The van der Waals surface area contributed by atoms with E-state index in [1.165, 1.54) is 11.1 Å². The Morgan fingerprint density at radius 3 is 2.38 bits per heavy atom. The van der Waals surface area contributed by atoms with E-state index in [4.69, 9.17) is 5.11 Å². The fourth-order valence-corrected chi connectivity index (χ4v) is 2.44. The third-order valence-electron chi connectivity index (χ3n) is 3.28. The van der Waals surface area contributed by atoms with Gasteiger partial charge < -0.3 is 5.11 Å². The van der Waals surface area contributed by atoms with Gasteiger partial charge in [-0.1, -0.05) is 54.6 Å². The molecule has 0 unspecified atom stereocenters. The molecule has 1 atom stereocenters. The predicted molar refractivity (Wildman–Crippen MR) is 87.8 cm³/mol. The van der Waals surface area contributed by atoms with Gasteiger partial charge in [-0.2, -0.15) is 12.6 Å². The lowest BCUT2D eigenvalue weighted by Gasteiger charge is -2.12. The molecule has 3 nitrogen and oxygen atoms in total. The summed E-state index contributed by atoms with van der Waals surface area (Å²) in [6.45, 7) is 0.528. The molecular weight excluding hydrogens is 282 g/mol. The smallest absolute Gasteiger partial charge is 0.321 e. The Morgan fingerprint density at radius 1 is 1.05 bits per heavy atom. The number of rotatable bonds is 7. The lowest BCUT2D eigenvalue weighted by atomic mass is 10.0. The highest BCUT2D eigenvalue weighted by Crippen LogP contribution is 2.11. The van der Waals surface area contributed by atoms with Gasteiger partial charge in [0.15, 0.2) is 0 Å². The number of carbonyl (C=O) groups is 1. The molecule has 0 aromatic heterocycles. The largest absolute Gasteiger partial charge is 0.480 e. The molecule has 110 valence electrons. The van der Waals surface area contributed by atoms with Gasteiger partial charge in [-0.05, 0) is 23.1 Å². The lowest BCUT2D eigenvalue weighted by Crippen LogP contribution is -2.37. The first-order valence-electron chi connectivity index (χ1n) is 6.88. The van der Waals surface area contributed by atoms with Crippen molar-refractivity contribution in [3.05, 3.63) is 71.3 Å². The molecule has 0 amide bonds. The summed E-state index contributed by atoms with van der Waals surface area (Å²) >= 11 is 4.04. The monoisotopic (exact) mass is 301 g/mol. The Morgan fingerprint density at radius 2 is 1.71 bits per heavy atom. The number of hydrogen-bond acceptors (Lipinski definition) is 3. The minimum absolute atomic E-state index is 0.277. The van der Waals surface area contributed by atoms with Crippen LogP contribution in [0.25, 0.3) is 0 Å². The van der Waals surface area contributed by atoms with Crippen LogP contribution in [0, 0.1) is 0 Å². The van der Waals surface area contributed by atoms with Crippen molar-refractivity contribution in [3.63, 3.8) is 0 Å². The second-order valence-electron chi connectivity index (χ2n) is 4.94. The van der Waals surface area contributed by atoms with Crippen molar-refractivity contribution in [2.24, 2.45) is 0 Å². The zero-order valence-corrected chi connectivity index (χ0v) is 12.6. The van der Waals surface area contributed by atoms with Gasteiger partial charge in [0, 0.05) is 12.3 Å². The van der Waals surface area contributed by atoms with Gasteiger partial charge >= 0.3 is 5.97 Å². The molecule has 4 heteroatoms. The zero-order chi connectivity index (χ0) is 15.1. The first kappa shape index (κ1) is 15.6. The Kier molecular flexibility index (Phi) is 5.84. The van der Waals surface area contributed by atoms with Crippen molar-refractivity contribution in [1.82, 2.24) is 5.32 Å². The lowest BCUT2D eigenvalue weighted by molar-refractivity contribution is -0.138. The molecule has 0 fully saturated rings. The van der Waals surface area contributed by atoms with Gasteiger partial charge in [0.2, 0.25) is 0 Å². The summed E-state index contributed by atoms with van der Waals surface area (Å²) in [5.41, 5.74) is 3.57. The van der Waals surface area contributed by atoms with E-state index in [0.29, 0.717) is 6.54 Å². The highest BCUT2D eigenvalue weighted by Gasteiger charge is 2.14. The van der Waals surface area contributed by atoms with E-state index in [0.717, 1.165) is 12.0 Å². The molecule has 0 saturated carbocycles. The van der Waals surface area contributed by atoms with Crippen molar-refractivity contribution in [2.75, 3.05) is 5.75 Å². The van der Waals surface area contributed by atoms with Gasteiger partial charge in [0.1, 0.15) is 6.04 Å². The van der Waals surface area contributed by atoms with Gasteiger partial charge in [-0.15, -0.1) is 0 Å². The molecule has 2 aromatic carbocycles. The van der Waals surface area contributed by atoms with Gasteiger partial charge in [0.05, 0.1) is 0 Å². The van der Waals surface area contributed by atoms with Crippen LogP contribution in [0.2, 0.25) is 0 Å². The minimum atomic E-state index is -0.870. The number of hydrogen-bond donors (Lipinski definition) is 3. The number of thiol groups is 1. The van der Waals surface area contributed by atoms with Crippen LogP contribution in [0.5, 0.6) is 0 Å². The Bertz CT molecular complexity index is 586. The predicted octanol–water partition coefficient (Wildman–Crippen LogP) is 2.75. The Balaban J connectivity index is 1.99.